The number of anilines is 1. The standard InChI is InChI=1S/C16H19FN2O2/c1-19(16(21)12-5-3-2-4-6-12)11-15(20)18-14-9-7-13(17)8-10-14/h2-3,7-10,12H,4-6,11H2,1H3,(H,18,20)/t12-/m0/s1. The normalized spacial score (nSPS) is 17.3. The van der Waals surface area contributed by atoms with E-state index < -0.39 is 0 Å². The lowest BCUT2D eigenvalue weighted by Gasteiger charge is -2.24. The first-order chi connectivity index (χ1) is 10.1. The van der Waals surface area contributed by atoms with E-state index in [1.807, 2.05) is 6.08 Å². The Morgan fingerprint density at radius 2 is 2.00 bits per heavy atom. The molecule has 0 radical (unpaired) electrons. The minimum atomic E-state index is -0.356. The van der Waals surface area contributed by atoms with Crippen molar-refractivity contribution < 1.29 is 14.0 Å². The first-order valence-electron chi connectivity index (χ1n) is 7.01. The van der Waals surface area contributed by atoms with Gasteiger partial charge < -0.3 is 10.2 Å². The summed E-state index contributed by atoms with van der Waals surface area (Å²) in [5.74, 6) is -0.679. The van der Waals surface area contributed by atoms with E-state index in [0.29, 0.717) is 5.69 Å². The molecule has 0 spiro atoms. The van der Waals surface area contributed by atoms with Crippen LogP contribution in [0.25, 0.3) is 0 Å². The number of amides is 2. The fourth-order valence-electron chi connectivity index (χ4n) is 2.36. The van der Waals surface area contributed by atoms with E-state index in [2.05, 4.69) is 11.4 Å². The largest absolute Gasteiger partial charge is 0.336 e. The summed E-state index contributed by atoms with van der Waals surface area (Å²) in [6.45, 7) is -0.00355. The number of nitrogens with zero attached hydrogens (tertiary/aromatic N) is 1. The third-order valence-corrected chi connectivity index (χ3v) is 3.50. The lowest BCUT2D eigenvalue weighted by Crippen LogP contribution is -2.38. The van der Waals surface area contributed by atoms with Crippen LogP contribution in [-0.2, 0) is 9.59 Å². The third-order valence-electron chi connectivity index (χ3n) is 3.50. The van der Waals surface area contributed by atoms with Crippen molar-refractivity contribution in [2.75, 3.05) is 18.9 Å². The summed E-state index contributed by atoms with van der Waals surface area (Å²) in [5.41, 5.74) is 0.517. The average molecular weight is 290 g/mol. The summed E-state index contributed by atoms with van der Waals surface area (Å²) in [4.78, 5) is 25.5. The van der Waals surface area contributed by atoms with Crippen LogP contribution in [0.2, 0.25) is 0 Å². The molecule has 1 aromatic rings. The molecule has 0 saturated carbocycles. The van der Waals surface area contributed by atoms with Crippen LogP contribution in [0.1, 0.15) is 19.3 Å². The Morgan fingerprint density at radius 3 is 2.62 bits per heavy atom. The minimum Gasteiger partial charge on any atom is -0.336 e. The molecule has 1 aromatic carbocycles. The first-order valence-corrected chi connectivity index (χ1v) is 7.01. The molecule has 2 amide bonds. The van der Waals surface area contributed by atoms with Crippen molar-refractivity contribution >= 4 is 17.5 Å². The van der Waals surface area contributed by atoms with E-state index >= 15 is 0 Å². The molecule has 2 rings (SSSR count). The Kier molecular flexibility index (Phi) is 5.09. The van der Waals surface area contributed by atoms with Gasteiger partial charge in [-0.05, 0) is 43.5 Å². The number of halogens is 1. The molecule has 1 aliphatic rings. The Labute approximate surface area is 123 Å². The zero-order valence-corrected chi connectivity index (χ0v) is 12.0. The van der Waals surface area contributed by atoms with Gasteiger partial charge in [0.05, 0.1) is 6.54 Å². The van der Waals surface area contributed by atoms with Gasteiger partial charge in [-0.3, -0.25) is 9.59 Å². The third kappa shape index (κ3) is 4.41. The van der Waals surface area contributed by atoms with Crippen LogP contribution in [0.4, 0.5) is 10.1 Å². The number of carbonyl (C=O) groups excluding carboxylic acids is 2. The zero-order chi connectivity index (χ0) is 15.2. The topological polar surface area (TPSA) is 49.4 Å². The van der Waals surface area contributed by atoms with E-state index in [-0.39, 0.29) is 30.1 Å². The molecule has 0 bridgehead atoms. The van der Waals surface area contributed by atoms with Crippen LogP contribution in [0.5, 0.6) is 0 Å². The SMILES string of the molecule is CN(CC(=O)Nc1ccc(F)cc1)C(=O)[C@H]1CC=CCC1. The maximum Gasteiger partial charge on any atom is 0.243 e. The van der Waals surface area contributed by atoms with Crippen molar-refractivity contribution in [3.05, 3.63) is 42.2 Å². The highest BCUT2D eigenvalue weighted by atomic mass is 19.1. The molecule has 0 aromatic heterocycles. The number of nitrogens with one attached hydrogen (secondary N) is 1. The van der Waals surface area contributed by atoms with Gasteiger partial charge in [-0.1, -0.05) is 12.2 Å². The van der Waals surface area contributed by atoms with Crippen LogP contribution in [-0.4, -0.2) is 30.3 Å². The Bertz CT molecular complexity index is 540. The van der Waals surface area contributed by atoms with Gasteiger partial charge in [-0.25, -0.2) is 4.39 Å². The maximum absolute atomic E-state index is 12.8. The molecular weight excluding hydrogens is 271 g/mol. The van der Waals surface area contributed by atoms with Gasteiger partial charge in [0.1, 0.15) is 5.82 Å². The van der Waals surface area contributed by atoms with Crippen molar-refractivity contribution in [2.45, 2.75) is 19.3 Å². The quantitative estimate of drug-likeness (QED) is 0.866. The van der Waals surface area contributed by atoms with Gasteiger partial charge in [-0.15, -0.1) is 0 Å². The molecule has 0 fully saturated rings. The summed E-state index contributed by atoms with van der Waals surface area (Å²) < 4.78 is 12.8. The van der Waals surface area contributed by atoms with E-state index in [4.69, 9.17) is 0 Å². The molecule has 4 nitrogen and oxygen atoms in total. The minimum absolute atomic E-state index is 0.00355. The molecule has 0 unspecified atom stereocenters. The fraction of sp³-hybridized carbons (Fsp3) is 0.375. The first kappa shape index (κ1) is 15.2. The van der Waals surface area contributed by atoms with Crippen molar-refractivity contribution in [1.82, 2.24) is 4.90 Å². The molecule has 5 heteroatoms. The molecule has 0 heterocycles. The van der Waals surface area contributed by atoms with Gasteiger partial charge in [-0.2, -0.15) is 0 Å². The van der Waals surface area contributed by atoms with Crippen molar-refractivity contribution in [3.8, 4) is 0 Å². The summed E-state index contributed by atoms with van der Waals surface area (Å²) in [5, 5.41) is 2.64. The number of allylic oxidation sites excluding steroid dienone is 2. The molecular formula is C16H19FN2O2. The van der Waals surface area contributed by atoms with Gasteiger partial charge in [0, 0.05) is 18.7 Å². The van der Waals surface area contributed by atoms with Gasteiger partial charge in [0.25, 0.3) is 0 Å². The zero-order valence-electron chi connectivity index (χ0n) is 12.0. The predicted octanol–water partition coefficient (Wildman–Crippen LogP) is 2.58. The van der Waals surface area contributed by atoms with E-state index in [1.54, 1.807) is 7.05 Å². The number of carbonyl (C=O) groups is 2. The highest BCUT2D eigenvalue weighted by Crippen LogP contribution is 2.20. The van der Waals surface area contributed by atoms with E-state index in [9.17, 15) is 14.0 Å². The average Bonchev–Trinajstić information content (AvgIpc) is 2.49. The molecule has 1 atom stereocenters. The number of rotatable bonds is 4. The van der Waals surface area contributed by atoms with E-state index in [0.717, 1.165) is 19.3 Å². The summed E-state index contributed by atoms with van der Waals surface area (Å²) in [6, 6.07) is 5.53. The van der Waals surface area contributed by atoms with Crippen LogP contribution >= 0.6 is 0 Å². The van der Waals surface area contributed by atoms with Crippen LogP contribution < -0.4 is 5.32 Å². The highest BCUT2D eigenvalue weighted by molar-refractivity contribution is 5.94. The van der Waals surface area contributed by atoms with Gasteiger partial charge in [0.2, 0.25) is 11.8 Å². The van der Waals surface area contributed by atoms with Crippen LogP contribution in [0.3, 0.4) is 0 Å². The van der Waals surface area contributed by atoms with Crippen molar-refractivity contribution in [1.29, 1.82) is 0 Å². The highest BCUT2D eigenvalue weighted by Gasteiger charge is 2.23. The molecule has 1 N–H and O–H groups in total. The molecule has 112 valence electrons. The van der Waals surface area contributed by atoms with Crippen molar-refractivity contribution in [2.24, 2.45) is 5.92 Å². The Morgan fingerprint density at radius 1 is 1.29 bits per heavy atom. The van der Waals surface area contributed by atoms with Crippen molar-refractivity contribution in [3.63, 3.8) is 0 Å². The molecule has 1 aliphatic carbocycles. The van der Waals surface area contributed by atoms with Crippen LogP contribution in [0, 0.1) is 11.7 Å². The lowest BCUT2D eigenvalue weighted by atomic mass is 9.93. The molecule has 21 heavy (non-hydrogen) atoms. The van der Waals surface area contributed by atoms with Gasteiger partial charge in [0.15, 0.2) is 0 Å². The second-order valence-corrected chi connectivity index (χ2v) is 5.23. The smallest absolute Gasteiger partial charge is 0.243 e. The lowest BCUT2D eigenvalue weighted by molar-refractivity contribution is -0.137. The second-order valence-electron chi connectivity index (χ2n) is 5.23. The maximum atomic E-state index is 12.8. The van der Waals surface area contributed by atoms with E-state index in [1.165, 1.54) is 29.2 Å². The predicted molar refractivity (Wildman–Crippen MR) is 79.1 cm³/mol. The monoisotopic (exact) mass is 290 g/mol. The number of hydrogen-bond acceptors (Lipinski definition) is 2. The van der Waals surface area contributed by atoms with Gasteiger partial charge >= 0.3 is 0 Å². The molecule has 0 aliphatic heterocycles. The number of hydrogen-bond donors (Lipinski definition) is 1. The summed E-state index contributed by atoms with van der Waals surface area (Å²) >= 11 is 0. The van der Waals surface area contributed by atoms with Crippen LogP contribution in [0.15, 0.2) is 36.4 Å². The number of likely N-dealkylation sites (N-methyl/N-ethyl adjacent to an activating group) is 1. The summed E-state index contributed by atoms with van der Waals surface area (Å²) in [7, 11) is 1.63. The second kappa shape index (κ2) is 7.02. The fourth-order valence-corrected chi connectivity index (χ4v) is 2.36. The Balaban J connectivity index is 1.85. The molecule has 0 saturated heterocycles. The Hall–Kier alpha value is -2.17. The summed E-state index contributed by atoms with van der Waals surface area (Å²) in [6.07, 6.45) is 6.57. The number of benzene rings is 1.